The average Bonchev–Trinajstić information content (AvgIpc) is 3.40. The smallest absolute Gasteiger partial charge is 0.335 e. The lowest BCUT2D eigenvalue weighted by molar-refractivity contribution is 0.0484. The SMILES string of the molecule is COCOc1c(C(C)(C)C)cc(-c2nc(OCc3ccc(C(=O)O)cc3)c3ncn(Cc4ccccc4)c3n2)cc1C(C)(C)C. The second-order valence-corrected chi connectivity index (χ2v) is 13.1. The molecule has 0 bridgehead atoms. The van der Waals surface area contributed by atoms with Gasteiger partial charge in [-0.15, -0.1) is 0 Å². The van der Waals surface area contributed by atoms with Crippen molar-refractivity contribution in [2.45, 2.75) is 65.5 Å². The highest BCUT2D eigenvalue weighted by atomic mass is 16.7. The summed E-state index contributed by atoms with van der Waals surface area (Å²) in [5, 5.41) is 9.28. The molecule has 2 aromatic heterocycles. The number of carbonyl (C=O) groups is 1. The van der Waals surface area contributed by atoms with Gasteiger partial charge in [0.05, 0.1) is 18.4 Å². The molecule has 0 aliphatic heterocycles. The van der Waals surface area contributed by atoms with Gasteiger partial charge in [0.25, 0.3) is 0 Å². The third-order valence-electron chi connectivity index (χ3n) is 7.49. The molecule has 9 heteroatoms. The van der Waals surface area contributed by atoms with Crippen LogP contribution in [0.2, 0.25) is 0 Å². The summed E-state index contributed by atoms with van der Waals surface area (Å²) in [6.07, 6.45) is 1.76. The topological polar surface area (TPSA) is 109 Å². The van der Waals surface area contributed by atoms with E-state index in [4.69, 9.17) is 24.2 Å². The summed E-state index contributed by atoms with van der Waals surface area (Å²) in [6, 6.07) is 20.9. The van der Waals surface area contributed by atoms with Crippen LogP contribution in [0.15, 0.2) is 73.1 Å². The van der Waals surface area contributed by atoms with Crippen molar-refractivity contribution in [3.63, 3.8) is 0 Å². The van der Waals surface area contributed by atoms with Crippen LogP contribution >= 0.6 is 0 Å². The summed E-state index contributed by atoms with van der Waals surface area (Å²) in [5.74, 6) is 0.676. The van der Waals surface area contributed by atoms with Gasteiger partial charge in [-0.05, 0) is 46.2 Å². The van der Waals surface area contributed by atoms with Gasteiger partial charge in [-0.25, -0.2) is 14.8 Å². The number of hydrogen-bond acceptors (Lipinski definition) is 7. The second-order valence-electron chi connectivity index (χ2n) is 13.1. The highest BCUT2D eigenvalue weighted by Gasteiger charge is 2.29. The molecule has 0 spiro atoms. The van der Waals surface area contributed by atoms with E-state index in [1.807, 2.05) is 22.8 Å². The lowest BCUT2D eigenvalue weighted by Crippen LogP contribution is -2.21. The molecule has 0 amide bonds. The quantitative estimate of drug-likeness (QED) is 0.163. The Bertz CT molecular complexity index is 1770. The zero-order chi connectivity index (χ0) is 32.4. The summed E-state index contributed by atoms with van der Waals surface area (Å²) in [4.78, 5) is 26.0. The van der Waals surface area contributed by atoms with Gasteiger partial charge in [0.1, 0.15) is 12.4 Å². The Morgan fingerprint density at radius 3 is 2.07 bits per heavy atom. The Morgan fingerprint density at radius 1 is 0.844 bits per heavy atom. The van der Waals surface area contributed by atoms with Gasteiger partial charge in [0, 0.05) is 23.8 Å². The van der Waals surface area contributed by atoms with Crippen molar-refractivity contribution in [3.05, 3.63) is 101 Å². The van der Waals surface area contributed by atoms with Crippen LogP contribution in [0.3, 0.4) is 0 Å². The first-order chi connectivity index (χ1) is 21.3. The lowest BCUT2D eigenvalue weighted by atomic mass is 9.78. The van der Waals surface area contributed by atoms with Crippen molar-refractivity contribution in [2.75, 3.05) is 13.9 Å². The van der Waals surface area contributed by atoms with E-state index in [0.29, 0.717) is 29.4 Å². The number of ether oxygens (including phenoxy) is 3. The van der Waals surface area contributed by atoms with Crippen molar-refractivity contribution in [1.29, 1.82) is 0 Å². The van der Waals surface area contributed by atoms with Gasteiger partial charge in [0.2, 0.25) is 5.88 Å². The predicted molar refractivity (Wildman–Crippen MR) is 174 cm³/mol. The molecule has 2 heterocycles. The van der Waals surface area contributed by atoms with E-state index >= 15 is 0 Å². The predicted octanol–water partition coefficient (Wildman–Crippen LogP) is 7.40. The first-order valence-corrected chi connectivity index (χ1v) is 14.9. The summed E-state index contributed by atoms with van der Waals surface area (Å²) >= 11 is 0. The molecule has 5 aromatic rings. The molecular formula is C36H40N4O5. The Kier molecular flexibility index (Phi) is 8.93. The van der Waals surface area contributed by atoms with Gasteiger partial charge in [-0.3, -0.25) is 0 Å². The fourth-order valence-corrected chi connectivity index (χ4v) is 5.08. The van der Waals surface area contributed by atoms with Gasteiger partial charge in [-0.1, -0.05) is 84.0 Å². The van der Waals surface area contributed by atoms with Crippen molar-refractivity contribution >= 4 is 17.1 Å². The number of benzene rings is 3. The minimum absolute atomic E-state index is 0.137. The van der Waals surface area contributed by atoms with E-state index in [-0.39, 0.29) is 29.8 Å². The van der Waals surface area contributed by atoms with Crippen LogP contribution in [0.5, 0.6) is 11.6 Å². The number of hydrogen-bond donors (Lipinski definition) is 1. The Balaban J connectivity index is 1.66. The summed E-state index contributed by atoms with van der Waals surface area (Å²) < 4.78 is 19.8. The number of fused-ring (bicyclic) bond motifs is 1. The third kappa shape index (κ3) is 7.15. The number of carboxylic acids is 1. The molecular weight excluding hydrogens is 568 g/mol. The van der Waals surface area contributed by atoms with Crippen LogP contribution in [0.4, 0.5) is 0 Å². The molecule has 0 saturated carbocycles. The van der Waals surface area contributed by atoms with Crippen molar-refractivity contribution in [1.82, 2.24) is 19.5 Å². The number of rotatable bonds is 10. The number of nitrogens with zero attached hydrogens (tertiary/aromatic N) is 4. The number of imidazole rings is 1. The Morgan fingerprint density at radius 2 is 1.49 bits per heavy atom. The van der Waals surface area contributed by atoms with Crippen LogP contribution in [-0.2, 0) is 28.7 Å². The maximum Gasteiger partial charge on any atom is 0.335 e. The van der Waals surface area contributed by atoms with Crippen molar-refractivity contribution in [2.24, 2.45) is 0 Å². The standard InChI is InChI=1S/C36H40N4O5/c1-35(2,3)27-17-26(18-28(36(4,5)6)30(27)45-22-43-7)31-38-32-29(37-21-40(32)19-23-11-9-8-10-12-23)33(39-31)44-20-24-13-15-25(16-14-24)34(41)42/h8-18,21H,19-20,22H2,1-7H3,(H,41,42). The zero-order valence-corrected chi connectivity index (χ0v) is 26.9. The molecule has 0 radical (unpaired) electrons. The van der Waals surface area contributed by atoms with Gasteiger partial charge >= 0.3 is 5.97 Å². The third-order valence-corrected chi connectivity index (χ3v) is 7.49. The number of carboxylic acid groups (broad SMARTS) is 1. The van der Waals surface area contributed by atoms with E-state index in [1.165, 1.54) is 0 Å². The molecule has 3 aromatic carbocycles. The molecule has 0 aliphatic rings. The van der Waals surface area contributed by atoms with E-state index in [0.717, 1.165) is 33.6 Å². The summed E-state index contributed by atoms with van der Waals surface area (Å²) in [7, 11) is 1.62. The minimum Gasteiger partial charge on any atom is -0.478 e. The largest absolute Gasteiger partial charge is 0.478 e. The molecule has 234 valence electrons. The Labute approximate surface area is 263 Å². The number of aromatic nitrogens is 4. The van der Waals surface area contributed by atoms with Crippen LogP contribution < -0.4 is 9.47 Å². The molecule has 0 fully saturated rings. The zero-order valence-electron chi connectivity index (χ0n) is 26.9. The Hall–Kier alpha value is -4.76. The maximum absolute atomic E-state index is 11.3. The molecule has 0 unspecified atom stereocenters. The molecule has 0 saturated heterocycles. The molecule has 9 nitrogen and oxygen atoms in total. The first-order valence-electron chi connectivity index (χ1n) is 14.9. The normalized spacial score (nSPS) is 12.0. The molecule has 5 rings (SSSR count). The van der Waals surface area contributed by atoms with Gasteiger partial charge < -0.3 is 23.9 Å². The van der Waals surface area contributed by atoms with Crippen LogP contribution in [0.25, 0.3) is 22.6 Å². The van der Waals surface area contributed by atoms with Crippen LogP contribution in [0.1, 0.15) is 74.2 Å². The van der Waals surface area contributed by atoms with E-state index < -0.39 is 5.97 Å². The number of methoxy groups -OCH3 is 1. The molecule has 45 heavy (non-hydrogen) atoms. The first kappa shape index (κ1) is 31.7. The number of aromatic carboxylic acids is 1. The second kappa shape index (κ2) is 12.7. The fourth-order valence-electron chi connectivity index (χ4n) is 5.08. The van der Waals surface area contributed by atoms with Crippen molar-refractivity contribution < 1.29 is 24.1 Å². The highest BCUT2D eigenvalue weighted by Crippen LogP contribution is 2.43. The van der Waals surface area contributed by atoms with Crippen LogP contribution in [0, 0.1) is 0 Å². The van der Waals surface area contributed by atoms with Gasteiger partial charge in [0.15, 0.2) is 23.8 Å². The minimum atomic E-state index is -0.975. The molecule has 0 aliphatic carbocycles. The summed E-state index contributed by atoms with van der Waals surface area (Å²) in [5.41, 5.74) is 5.70. The summed E-state index contributed by atoms with van der Waals surface area (Å²) in [6.45, 7) is 13.8. The monoisotopic (exact) mass is 608 g/mol. The van der Waals surface area contributed by atoms with E-state index in [2.05, 4.69) is 70.8 Å². The van der Waals surface area contributed by atoms with Gasteiger partial charge in [-0.2, -0.15) is 4.98 Å². The average molecular weight is 609 g/mol. The van der Waals surface area contributed by atoms with Crippen LogP contribution in [-0.4, -0.2) is 44.5 Å². The van der Waals surface area contributed by atoms with Crippen molar-refractivity contribution in [3.8, 4) is 23.0 Å². The molecule has 0 atom stereocenters. The maximum atomic E-state index is 11.3. The lowest BCUT2D eigenvalue weighted by Gasteiger charge is -2.30. The fraction of sp³-hybridized carbons (Fsp3) is 0.333. The molecule has 1 N–H and O–H groups in total. The van der Waals surface area contributed by atoms with E-state index in [9.17, 15) is 9.90 Å². The van der Waals surface area contributed by atoms with E-state index in [1.54, 1.807) is 37.7 Å². The highest BCUT2D eigenvalue weighted by molar-refractivity contribution is 5.87.